The molecule has 1 amide bonds. The van der Waals surface area contributed by atoms with Gasteiger partial charge in [-0.3, -0.25) is 20.4 Å². The number of carboxylic acids is 1. The van der Waals surface area contributed by atoms with E-state index >= 15 is 0 Å². The van der Waals surface area contributed by atoms with Crippen LogP contribution in [-0.4, -0.2) is 60.3 Å². The van der Waals surface area contributed by atoms with Crippen LogP contribution in [0, 0.1) is 10.8 Å². The average Bonchev–Trinajstić information content (AvgIpc) is 2.71. The Bertz CT molecular complexity index is 941. The van der Waals surface area contributed by atoms with Crippen molar-refractivity contribution in [1.82, 2.24) is 10.2 Å². The molecule has 0 heterocycles. The minimum Gasteiger partial charge on any atom is -0.491 e. The van der Waals surface area contributed by atoms with Crippen LogP contribution in [0.5, 0.6) is 5.75 Å². The van der Waals surface area contributed by atoms with Gasteiger partial charge in [0, 0.05) is 30.8 Å². The van der Waals surface area contributed by atoms with Crippen LogP contribution in [0.2, 0.25) is 0 Å². The van der Waals surface area contributed by atoms with Crippen molar-refractivity contribution in [3.63, 3.8) is 0 Å². The van der Waals surface area contributed by atoms with Crippen LogP contribution in [0.1, 0.15) is 27.9 Å². The Morgan fingerprint density at radius 3 is 2.30 bits per heavy atom. The van der Waals surface area contributed by atoms with E-state index in [1.54, 1.807) is 67.5 Å². The Kier molecular flexibility index (Phi) is 7.51. The van der Waals surface area contributed by atoms with Crippen molar-refractivity contribution >= 4 is 23.5 Å². The number of aliphatic carboxylic acids is 1. The molecule has 0 saturated carbocycles. The molecule has 1 atom stereocenters. The van der Waals surface area contributed by atoms with E-state index in [0.717, 1.165) is 0 Å². The van der Waals surface area contributed by atoms with Gasteiger partial charge >= 0.3 is 5.97 Å². The number of nitrogen functional groups attached to an aromatic ring is 1. The van der Waals surface area contributed by atoms with Gasteiger partial charge in [0.1, 0.15) is 24.0 Å². The summed E-state index contributed by atoms with van der Waals surface area (Å²) in [6, 6.07) is 12.3. The second-order valence-electron chi connectivity index (χ2n) is 6.84. The molecule has 0 aliphatic rings. The van der Waals surface area contributed by atoms with Gasteiger partial charge in [-0.1, -0.05) is 24.3 Å². The van der Waals surface area contributed by atoms with Crippen LogP contribution in [0.3, 0.4) is 0 Å². The predicted octanol–water partition coefficient (Wildman–Crippen LogP) is 1.51. The number of carbonyl (C=O) groups excluding carboxylic acids is 1. The summed E-state index contributed by atoms with van der Waals surface area (Å²) in [6.45, 7) is -0.0667. The fraction of sp³-hybridized carbons (Fsp3) is 0.238. The smallest absolute Gasteiger partial charge is 0.305 e. The molecule has 0 bridgehead atoms. The van der Waals surface area contributed by atoms with Crippen molar-refractivity contribution in [2.75, 3.05) is 20.7 Å². The number of ether oxygens (including phenoxy) is 1. The highest BCUT2D eigenvalue weighted by molar-refractivity contribution is 5.99. The lowest BCUT2D eigenvalue weighted by atomic mass is 10.1. The molecule has 0 aromatic heterocycles. The van der Waals surface area contributed by atoms with Gasteiger partial charge < -0.3 is 25.8 Å². The zero-order chi connectivity index (χ0) is 22.3. The number of nitrogens with zero attached hydrogens (tertiary/aromatic N) is 1. The van der Waals surface area contributed by atoms with Gasteiger partial charge in [0.05, 0.1) is 12.5 Å². The Balaban J connectivity index is 2.05. The number of amidine groups is 2. The van der Waals surface area contributed by atoms with Crippen LogP contribution in [0.25, 0.3) is 0 Å². The predicted molar refractivity (Wildman–Crippen MR) is 113 cm³/mol. The number of nitrogens with two attached hydrogens (primary N) is 1. The number of carbonyl (C=O) groups is 2. The molecule has 0 saturated heterocycles. The highest BCUT2D eigenvalue weighted by atomic mass is 16.5. The van der Waals surface area contributed by atoms with Crippen LogP contribution in [0.4, 0.5) is 0 Å². The second-order valence-corrected chi connectivity index (χ2v) is 6.84. The lowest BCUT2D eigenvalue weighted by molar-refractivity contribution is -0.137. The van der Waals surface area contributed by atoms with E-state index in [4.69, 9.17) is 26.4 Å². The van der Waals surface area contributed by atoms with Crippen LogP contribution in [0.15, 0.2) is 48.5 Å². The highest BCUT2D eigenvalue weighted by Gasteiger charge is 2.18. The molecular weight excluding hydrogens is 386 g/mol. The molecule has 2 aromatic carbocycles. The first-order valence-corrected chi connectivity index (χ1v) is 9.13. The molecule has 158 valence electrons. The van der Waals surface area contributed by atoms with E-state index in [-0.39, 0.29) is 18.9 Å². The molecule has 0 aliphatic carbocycles. The van der Waals surface area contributed by atoms with E-state index in [1.165, 1.54) is 0 Å². The quantitative estimate of drug-likeness (QED) is 0.311. The van der Waals surface area contributed by atoms with Gasteiger partial charge in [-0.25, -0.2) is 0 Å². The van der Waals surface area contributed by atoms with Crippen LogP contribution < -0.4 is 15.8 Å². The normalized spacial score (nSPS) is 11.3. The standard InChI is InChI=1S/C21H25N5O4/c1-26(2)20(24)13-6-8-14(9-7-13)21(29)25-16(11-18(27)28)12-30-17-5-3-4-15(10-17)19(22)23/h3-10,16,24H,11-12H2,1-2H3,(H3,22,23)(H,25,29)(H,27,28). The minimum atomic E-state index is -1.07. The molecule has 0 spiro atoms. The van der Waals surface area contributed by atoms with Gasteiger partial charge in [0.25, 0.3) is 5.91 Å². The molecule has 1 unspecified atom stereocenters. The largest absolute Gasteiger partial charge is 0.491 e. The first-order valence-electron chi connectivity index (χ1n) is 9.13. The Morgan fingerprint density at radius 2 is 1.73 bits per heavy atom. The lowest BCUT2D eigenvalue weighted by Gasteiger charge is -2.18. The number of carboxylic acid groups (broad SMARTS) is 1. The van der Waals surface area contributed by atoms with Gasteiger partial charge in [-0.15, -0.1) is 0 Å². The second kappa shape index (κ2) is 10.1. The molecule has 2 rings (SSSR count). The van der Waals surface area contributed by atoms with Crippen molar-refractivity contribution in [1.29, 1.82) is 10.8 Å². The Morgan fingerprint density at radius 1 is 1.10 bits per heavy atom. The topological polar surface area (TPSA) is 153 Å². The van der Waals surface area contributed by atoms with E-state index in [0.29, 0.717) is 28.3 Å². The van der Waals surface area contributed by atoms with Gasteiger partial charge in [-0.05, 0) is 24.3 Å². The zero-order valence-electron chi connectivity index (χ0n) is 16.8. The van der Waals surface area contributed by atoms with Crippen molar-refractivity contribution < 1.29 is 19.4 Å². The van der Waals surface area contributed by atoms with Crippen molar-refractivity contribution in [3.8, 4) is 5.75 Å². The summed E-state index contributed by atoms with van der Waals surface area (Å²) < 4.78 is 5.61. The molecule has 9 nitrogen and oxygen atoms in total. The lowest BCUT2D eigenvalue weighted by Crippen LogP contribution is -2.40. The molecule has 9 heteroatoms. The summed E-state index contributed by atoms with van der Waals surface area (Å²) >= 11 is 0. The third-order valence-corrected chi connectivity index (χ3v) is 4.22. The fourth-order valence-corrected chi connectivity index (χ4v) is 2.62. The molecule has 30 heavy (non-hydrogen) atoms. The molecule has 0 fully saturated rings. The van der Waals surface area contributed by atoms with Gasteiger partial charge in [0.2, 0.25) is 0 Å². The van der Waals surface area contributed by atoms with Gasteiger partial charge in [0.15, 0.2) is 0 Å². The third kappa shape index (κ3) is 6.33. The van der Waals surface area contributed by atoms with E-state index in [1.807, 2.05) is 0 Å². The maximum atomic E-state index is 12.5. The highest BCUT2D eigenvalue weighted by Crippen LogP contribution is 2.14. The maximum absolute atomic E-state index is 12.5. The Hall–Kier alpha value is -3.88. The summed E-state index contributed by atoms with van der Waals surface area (Å²) in [4.78, 5) is 25.4. The minimum absolute atomic E-state index is 0.0667. The number of nitrogens with one attached hydrogen (secondary N) is 3. The summed E-state index contributed by atoms with van der Waals surface area (Å²) in [5, 5.41) is 27.2. The summed E-state index contributed by atoms with van der Waals surface area (Å²) in [7, 11) is 3.51. The maximum Gasteiger partial charge on any atom is 0.305 e. The summed E-state index contributed by atoms with van der Waals surface area (Å²) in [5.41, 5.74) is 6.94. The first-order chi connectivity index (χ1) is 14.2. The van der Waals surface area contributed by atoms with Crippen molar-refractivity contribution in [2.24, 2.45) is 5.73 Å². The summed E-state index contributed by atoms with van der Waals surface area (Å²) in [5.74, 6) is -0.895. The SMILES string of the molecule is CN(C)C(=N)c1ccc(C(=O)NC(COc2cccc(C(=N)N)c2)CC(=O)O)cc1. The molecule has 0 radical (unpaired) electrons. The average molecular weight is 411 g/mol. The van der Waals surface area contributed by atoms with Gasteiger partial charge in [-0.2, -0.15) is 0 Å². The first kappa shape index (κ1) is 22.4. The van der Waals surface area contributed by atoms with Crippen molar-refractivity contribution in [2.45, 2.75) is 12.5 Å². The molecule has 6 N–H and O–H groups in total. The number of benzene rings is 2. The fourth-order valence-electron chi connectivity index (χ4n) is 2.62. The number of hydrogen-bond acceptors (Lipinski definition) is 5. The van der Waals surface area contributed by atoms with Crippen LogP contribution >= 0.6 is 0 Å². The molecule has 2 aromatic rings. The Labute approximate surface area is 174 Å². The van der Waals surface area contributed by atoms with E-state index in [2.05, 4.69) is 5.32 Å². The van der Waals surface area contributed by atoms with E-state index < -0.39 is 17.9 Å². The van der Waals surface area contributed by atoms with Crippen LogP contribution in [-0.2, 0) is 4.79 Å². The number of hydrogen-bond donors (Lipinski definition) is 5. The number of amides is 1. The third-order valence-electron chi connectivity index (χ3n) is 4.22. The molecule has 0 aliphatic heterocycles. The summed E-state index contributed by atoms with van der Waals surface area (Å²) in [6.07, 6.45) is -0.318. The van der Waals surface area contributed by atoms with Crippen molar-refractivity contribution in [3.05, 3.63) is 65.2 Å². The van der Waals surface area contributed by atoms with E-state index in [9.17, 15) is 9.59 Å². The number of rotatable bonds is 9. The monoisotopic (exact) mass is 411 g/mol. The molecular formula is C21H25N5O4. The zero-order valence-corrected chi connectivity index (χ0v) is 16.8.